The minimum atomic E-state index is -0.125. The van der Waals surface area contributed by atoms with Crippen molar-refractivity contribution in [3.63, 3.8) is 0 Å². The summed E-state index contributed by atoms with van der Waals surface area (Å²) >= 11 is 3.73. The number of hydrogen-bond donors (Lipinski definition) is 2. The molecule has 0 aliphatic rings. The van der Waals surface area contributed by atoms with E-state index >= 15 is 0 Å². The molecule has 1 aromatic heterocycles. The van der Waals surface area contributed by atoms with Gasteiger partial charge in [0.2, 0.25) is 0 Å². The molecule has 1 aromatic carbocycles. The first-order chi connectivity index (χ1) is 8.06. The van der Waals surface area contributed by atoms with Gasteiger partial charge < -0.3 is 11.1 Å². The molecule has 0 aliphatic carbocycles. The lowest BCUT2D eigenvalue weighted by molar-refractivity contribution is 0.102. The number of amides is 1. The summed E-state index contributed by atoms with van der Waals surface area (Å²) in [6, 6.07) is 7.43. The van der Waals surface area contributed by atoms with Crippen molar-refractivity contribution in [1.29, 1.82) is 0 Å². The van der Waals surface area contributed by atoms with E-state index in [2.05, 4.69) is 27.9 Å². The number of aryl methyl sites for hydroxylation is 1. The zero-order valence-corrected chi connectivity index (χ0v) is 12.1. The first-order valence-corrected chi connectivity index (χ1v) is 6.93. The number of carbonyl (C=O) groups is 1. The monoisotopic (exact) mass is 358 g/mol. The normalized spacial score (nSPS) is 10.2. The number of anilines is 2. The molecular formula is C12H11IN2OS. The molecule has 0 radical (unpaired) electrons. The largest absolute Gasteiger partial charge is 0.397 e. The quantitative estimate of drug-likeness (QED) is 0.638. The number of nitrogen functional groups attached to an aromatic ring is 1. The van der Waals surface area contributed by atoms with Crippen LogP contribution in [0.5, 0.6) is 0 Å². The summed E-state index contributed by atoms with van der Waals surface area (Å²) in [6.45, 7) is 1.96. The standard InChI is InChI=1S/C12H11IN2OS/c1-7-2-3-10(9(14)4-7)15-12(16)8-5-11(13)17-6-8/h2-6H,14H2,1H3,(H,15,16). The van der Waals surface area contributed by atoms with Crippen molar-refractivity contribution in [1.82, 2.24) is 0 Å². The summed E-state index contributed by atoms with van der Waals surface area (Å²) in [5.41, 5.74) is 8.82. The molecule has 0 bridgehead atoms. The van der Waals surface area contributed by atoms with Gasteiger partial charge >= 0.3 is 0 Å². The smallest absolute Gasteiger partial charge is 0.256 e. The summed E-state index contributed by atoms with van der Waals surface area (Å²) in [7, 11) is 0. The van der Waals surface area contributed by atoms with Crippen molar-refractivity contribution in [3.8, 4) is 0 Å². The van der Waals surface area contributed by atoms with Crippen LogP contribution in [-0.4, -0.2) is 5.91 Å². The SMILES string of the molecule is Cc1ccc(NC(=O)c2csc(I)c2)c(N)c1. The highest BCUT2D eigenvalue weighted by Gasteiger charge is 2.09. The van der Waals surface area contributed by atoms with Gasteiger partial charge in [-0.05, 0) is 53.3 Å². The van der Waals surface area contributed by atoms with Crippen LogP contribution in [0.25, 0.3) is 0 Å². The van der Waals surface area contributed by atoms with E-state index in [1.54, 1.807) is 11.3 Å². The molecule has 1 heterocycles. The van der Waals surface area contributed by atoms with E-state index in [1.807, 2.05) is 36.6 Å². The van der Waals surface area contributed by atoms with Crippen LogP contribution in [0.1, 0.15) is 15.9 Å². The highest BCUT2D eigenvalue weighted by Crippen LogP contribution is 2.22. The maximum Gasteiger partial charge on any atom is 0.256 e. The van der Waals surface area contributed by atoms with Gasteiger partial charge in [0.25, 0.3) is 5.91 Å². The summed E-state index contributed by atoms with van der Waals surface area (Å²) in [5, 5.41) is 4.64. The van der Waals surface area contributed by atoms with Crippen LogP contribution in [-0.2, 0) is 0 Å². The number of halogens is 1. The highest BCUT2D eigenvalue weighted by molar-refractivity contribution is 14.1. The van der Waals surface area contributed by atoms with Gasteiger partial charge in [-0.1, -0.05) is 6.07 Å². The zero-order valence-electron chi connectivity index (χ0n) is 9.16. The number of rotatable bonds is 2. The summed E-state index contributed by atoms with van der Waals surface area (Å²) in [4.78, 5) is 11.9. The molecule has 2 rings (SSSR count). The molecule has 88 valence electrons. The topological polar surface area (TPSA) is 55.1 Å². The second kappa shape index (κ2) is 5.05. The summed E-state index contributed by atoms with van der Waals surface area (Å²) in [6.07, 6.45) is 0. The minimum absolute atomic E-state index is 0.125. The number of nitrogens with one attached hydrogen (secondary N) is 1. The van der Waals surface area contributed by atoms with Gasteiger partial charge in [0.1, 0.15) is 0 Å². The Morgan fingerprint density at radius 3 is 2.76 bits per heavy atom. The zero-order chi connectivity index (χ0) is 12.4. The minimum Gasteiger partial charge on any atom is -0.397 e. The van der Waals surface area contributed by atoms with Crippen molar-refractivity contribution in [2.45, 2.75) is 6.92 Å². The van der Waals surface area contributed by atoms with Gasteiger partial charge in [-0.25, -0.2) is 0 Å². The van der Waals surface area contributed by atoms with Crippen molar-refractivity contribution >= 4 is 51.2 Å². The van der Waals surface area contributed by atoms with Crippen molar-refractivity contribution in [2.75, 3.05) is 11.1 Å². The van der Waals surface area contributed by atoms with Crippen LogP contribution in [0.2, 0.25) is 0 Å². The predicted molar refractivity (Wildman–Crippen MR) is 80.6 cm³/mol. The fraction of sp³-hybridized carbons (Fsp3) is 0.0833. The molecule has 0 saturated heterocycles. The van der Waals surface area contributed by atoms with Crippen LogP contribution in [0.4, 0.5) is 11.4 Å². The third-order valence-electron chi connectivity index (χ3n) is 2.28. The van der Waals surface area contributed by atoms with Crippen molar-refractivity contribution in [2.24, 2.45) is 0 Å². The predicted octanol–water partition coefficient (Wildman–Crippen LogP) is 3.50. The van der Waals surface area contributed by atoms with Gasteiger partial charge in [0.05, 0.1) is 19.8 Å². The fourth-order valence-electron chi connectivity index (χ4n) is 1.42. The lowest BCUT2D eigenvalue weighted by Crippen LogP contribution is -2.12. The third kappa shape index (κ3) is 2.98. The second-order valence-electron chi connectivity index (χ2n) is 3.68. The highest BCUT2D eigenvalue weighted by atomic mass is 127. The Kier molecular flexibility index (Phi) is 3.68. The number of thiophene rings is 1. The van der Waals surface area contributed by atoms with Gasteiger partial charge in [0.15, 0.2) is 0 Å². The fourth-order valence-corrected chi connectivity index (χ4v) is 2.75. The molecular weight excluding hydrogens is 347 g/mol. The Morgan fingerprint density at radius 2 is 2.18 bits per heavy atom. The van der Waals surface area contributed by atoms with Crippen LogP contribution in [0.15, 0.2) is 29.6 Å². The molecule has 0 spiro atoms. The van der Waals surface area contributed by atoms with E-state index in [0.717, 1.165) is 8.45 Å². The first kappa shape index (κ1) is 12.4. The molecule has 0 fully saturated rings. The van der Waals surface area contributed by atoms with E-state index in [-0.39, 0.29) is 5.91 Å². The maximum absolute atomic E-state index is 11.9. The first-order valence-electron chi connectivity index (χ1n) is 4.98. The Bertz CT molecular complexity index is 565. The number of hydrogen-bond acceptors (Lipinski definition) is 3. The van der Waals surface area contributed by atoms with Crippen LogP contribution < -0.4 is 11.1 Å². The van der Waals surface area contributed by atoms with Gasteiger partial charge in [-0.3, -0.25) is 4.79 Å². The molecule has 3 nitrogen and oxygen atoms in total. The Hall–Kier alpha value is -1.08. The Morgan fingerprint density at radius 1 is 1.41 bits per heavy atom. The van der Waals surface area contributed by atoms with E-state index in [1.165, 1.54) is 0 Å². The lowest BCUT2D eigenvalue weighted by Gasteiger charge is -2.07. The summed E-state index contributed by atoms with van der Waals surface area (Å²) < 4.78 is 1.09. The third-order valence-corrected chi connectivity index (χ3v) is 4.07. The molecule has 0 saturated carbocycles. The molecule has 1 amide bonds. The van der Waals surface area contributed by atoms with Crippen LogP contribution in [0.3, 0.4) is 0 Å². The maximum atomic E-state index is 11.9. The molecule has 5 heteroatoms. The van der Waals surface area contributed by atoms with E-state index in [4.69, 9.17) is 5.73 Å². The van der Waals surface area contributed by atoms with E-state index < -0.39 is 0 Å². The summed E-state index contributed by atoms with van der Waals surface area (Å²) in [5.74, 6) is -0.125. The van der Waals surface area contributed by atoms with Crippen LogP contribution >= 0.6 is 33.9 Å². The lowest BCUT2D eigenvalue weighted by atomic mass is 10.2. The molecule has 3 N–H and O–H groups in total. The van der Waals surface area contributed by atoms with Gasteiger partial charge in [-0.15, -0.1) is 11.3 Å². The molecule has 2 aromatic rings. The molecule has 17 heavy (non-hydrogen) atoms. The van der Waals surface area contributed by atoms with E-state index in [9.17, 15) is 4.79 Å². The van der Waals surface area contributed by atoms with E-state index in [0.29, 0.717) is 16.9 Å². The Labute approximate surface area is 117 Å². The van der Waals surface area contributed by atoms with Gasteiger partial charge in [0, 0.05) is 5.38 Å². The van der Waals surface area contributed by atoms with Crippen molar-refractivity contribution < 1.29 is 4.79 Å². The number of benzene rings is 1. The second-order valence-corrected chi connectivity index (χ2v) is 6.49. The van der Waals surface area contributed by atoms with Crippen molar-refractivity contribution in [3.05, 3.63) is 43.7 Å². The molecule has 0 aliphatic heterocycles. The molecule has 0 atom stereocenters. The average molecular weight is 358 g/mol. The Balaban J connectivity index is 2.18. The average Bonchev–Trinajstić information content (AvgIpc) is 2.69. The molecule has 0 unspecified atom stereocenters. The van der Waals surface area contributed by atoms with Crippen LogP contribution in [0, 0.1) is 9.81 Å². The number of carbonyl (C=O) groups excluding carboxylic acids is 1. The van der Waals surface area contributed by atoms with Gasteiger partial charge in [-0.2, -0.15) is 0 Å². The number of nitrogens with two attached hydrogens (primary N) is 1.